The van der Waals surface area contributed by atoms with Gasteiger partial charge in [0.05, 0.1) is 6.10 Å². The Hall–Kier alpha value is -0.610. The number of carboxylic acids is 1. The first kappa shape index (κ1) is 11.5. The van der Waals surface area contributed by atoms with Gasteiger partial charge in [0.15, 0.2) is 5.60 Å². The summed E-state index contributed by atoms with van der Waals surface area (Å²) >= 11 is 0. The van der Waals surface area contributed by atoms with E-state index in [0.717, 1.165) is 25.9 Å². The molecule has 1 unspecified atom stereocenters. The Morgan fingerprint density at radius 1 is 1.57 bits per heavy atom. The lowest BCUT2D eigenvalue weighted by Gasteiger charge is -2.34. The summed E-state index contributed by atoms with van der Waals surface area (Å²) in [5.74, 6) is -0.897. The third kappa shape index (κ3) is 2.96. The van der Waals surface area contributed by atoms with Crippen LogP contribution in [0.15, 0.2) is 0 Å². The molecule has 0 aromatic carbocycles. The number of aliphatic carboxylic acids is 1. The van der Waals surface area contributed by atoms with Crippen molar-refractivity contribution in [3.63, 3.8) is 0 Å². The number of carbonyl (C=O) groups is 1. The largest absolute Gasteiger partial charge is 0.479 e. The lowest BCUT2D eigenvalue weighted by molar-refractivity contribution is -0.171. The molecule has 4 nitrogen and oxygen atoms in total. The molecule has 4 heteroatoms. The van der Waals surface area contributed by atoms with Gasteiger partial charge in [0.25, 0.3) is 0 Å². The van der Waals surface area contributed by atoms with Gasteiger partial charge in [0.1, 0.15) is 0 Å². The topological polar surface area (TPSA) is 49.8 Å². The zero-order valence-electron chi connectivity index (χ0n) is 9.12. The summed E-state index contributed by atoms with van der Waals surface area (Å²) in [4.78, 5) is 13.0. The van der Waals surface area contributed by atoms with E-state index < -0.39 is 11.6 Å². The van der Waals surface area contributed by atoms with Gasteiger partial charge < -0.3 is 14.7 Å². The standard InChI is InChI=1S/C10H19NO3/c1-10(2,9(12)13)14-8-5-4-6-11(3)7-8/h8H,4-7H2,1-3H3,(H,12,13). The summed E-state index contributed by atoms with van der Waals surface area (Å²) in [7, 11) is 2.03. The predicted molar refractivity (Wildman–Crippen MR) is 53.3 cm³/mol. The molecule has 0 aromatic rings. The van der Waals surface area contributed by atoms with E-state index in [9.17, 15) is 4.79 Å². The minimum absolute atomic E-state index is 0.0554. The van der Waals surface area contributed by atoms with Crippen molar-refractivity contribution in [3.05, 3.63) is 0 Å². The molecule has 1 aliphatic heterocycles. The Morgan fingerprint density at radius 2 is 2.21 bits per heavy atom. The van der Waals surface area contributed by atoms with E-state index in [0.29, 0.717) is 0 Å². The molecule has 1 aliphatic rings. The number of hydrogen-bond acceptors (Lipinski definition) is 3. The van der Waals surface area contributed by atoms with Crippen molar-refractivity contribution in [1.82, 2.24) is 4.90 Å². The van der Waals surface area contributed by atoms with Crippen LogP contribution in [0.4, 0.5) is 0 Å². The monoisotopic (exact) mass is 201 g/mol. The summed E-state index contributed by atoms with van der Waals surface area (Å²) in [6.45, 7) is 5.11. The quantitative estimate of drug-likeness (QED) is 0.739. The van der Waals surface area contributed by atoms with Gasteiger partial charge in [0.2, 0.25) is 0 Å². The molecular formula is C10H19NO3. The van der Waals surface area contributed by atoms with E-state index in [2.05, 4.69) is 4.90 Å². The van der Waals surface area contributed by atoms with Gasteiger partial charge >= 0.3 is 5.97 Å². The number of likely N-dealkylation sites (N-methyl/N-ethyl adjacent to an activating group) is 1. The fourth-order valence-corrected chi connectivity index (χ4v) is 1.68. The van der Waals surface area contributed by atoms with Gasteiger partial charge in [0, 0.05) is 6.54 Å². The molecule has 0 bridgehead atoms. The number of nitrogens with zero attached hydrogens (tertiary/aromatic N) is 1. The van der Waals surface area contributed by atoms with E-state index in [4.69, 9.17) is 9.84 Å². The number of likely N-dealkylation sites (tertiary alicyclic amines) is 1. The molecule has 0 aromatic heterocycles. The number of hydrogen-bond donors (Lipinski definition) is 1. The molecular weight excluding hydrogens is 182 g/mol. The molecule has 1 fully saturated rings. The Balaban J connectivity index is 2.47. The Kier molecular flexibility index (Phi) is 3.50. The average Bonchev–Trinajstić information content (AvgIpc) is 2.02. The highest BCUT2D eigenvalue weighted by molar-refractivity contribution is 5.76. The Morgan fingerprint density at radius 3 is 2.71 bits per heavy atom. The van der Waals surface area contributed by atoms with Crippen molar-refractivity contribution < 1.29 is 14.6 Å². The zero-order valence-corrected chi connectivity index (χ0v) is 9.12. The van der Waals surface area contributed by atoms with Crippen LogP contribution in [0.25, 0.3) is 0 Å². The van der Waals surface area contributed by atoms with E-state index >= 15 is 0 Å². The summed E-state index contributed by atoms with van der Waals surface area (Å²) in [6, 6.07) is 0. The molecule has 0 spiro atoms. The van der Waals surface area contributed by atoms with E-state index in [1.54, 1.807) is 13.8 Å². The first-order chi connectivity index (χ1) is 6.42. The smallest absolute Gasteiger partial charge is 0.335 e. The molecule has 0 radical (unpaired) electrons. The van der Waals surface area contributed by atoms with Gasteiger partial charge in [-0.3, -0.25) is 0 Å². The lowest BCUT2D eigenvalue weighted by Crippen LogP contribution is -2.45. The minimum Gasteiger partial charge on any atom is -0.479 e. The van der Waals surface area contributed by atoms with Gasteiger partial charge in [-0.2, -0.15) is 0 Å². The zero-order chi connectivity index (χ0) is 10.8. The summed E-state index contributed by atoms with van der Waals surface area (Å²) in [5.41, 5.74) is -1.07. The van der Waals surface area contributed by atoms with Crippen LogP contribution in [0.1, 0.15) is 26.7 Å². The Labute approximate surface area is 84.8 Å². The maximum absolute atomic E-state index is 10.8. The van der Waals surface area contributed by atoms with Crippen LogP contribution in [0.5, 0.6) is 0 Å². The van der Waals surface area contributed by atoms with Gasteiger partial charge in [-0.05, 0) is 40.3 Å². The molecule has 14 heavy (non-hydrogen) atoms. The molecule has 1 heterocycles. The van der Waals surface area contributed by atoms with Gasteiger partial charge in [-0.25, -0.2) is 4.79 Å². The van der Waals surface area contributed by atoms with Gasteiger partial charge in [-0.1, -0.05) is 0 Å². The van der Waals surface area contributed by atoms with Crippen molar-refractivity contribution in [3.8, 4) is 0 Å². The fraction of sp³-hybridized carbons (Fsp3) is 0.900. The molecule has 1 N–H and O–H groups in total. The third-order valence-corrected chi connectivity index (χ3v) is 2.56. The molecule has 1 atom stereocenters. The van der Waals surface area contributed by atoms with Crippen molar-refractivity contribution in [2.45, 2.75) is 38.4 Å². The van der Waals surface area contributed by atoms with Crippen LogP contribution in [-0.4, -0.2) is 47.8 Å². The highest BCUT2D eigenvalue weighted by Gasteiger charge is 2.32. The van der Waals surface area contributed by atoms with Crippen molar-refractivity contribution >= 4 is 5.97 Å². The van der Waals surface area contributed by atoms with Crippen LogP contribution >= 0.6 is 0 Å². The highest BCUT2D eigenvalue weighted by Crippen LogP contribution is 2.19. The number of carboxylic acid groups (broad SMARTS) is 1. The second kappa shape index (κ2) is 4.28. The summed E-state index contributed by atoms with van der Waals surface area (Å²) < 4.78 is 5.57. The number of ether oxygens (including phenoxy) is 1. The van der Waals surface area contributed by atoms with Crippen molar-refractivity contribution in [1.29, 1.82) is 0 Å². The second-order valence-electron chi connectivity index (χ2n) is 4.46. The van der Waals surface area contributed by atoms with Crippen molar-refractivity contribution in [2.75, 3.05) is 20.1 Å². The molecule has 82 valence electrons. The van der Waals surface area contributed by atoms with Crippen LogP contribution in [-0.2, 0) is 9.53 Å². The molecule has 0 amide bonds. The fourth-order valence-electron chi connectivity index (χ4n) is 1.68. The maximum Gasteiger partial charge on any atom is 0.335 e. The molecule has 1 rings (SSSR count). The van der Waals surface area contributed by atoms with E-state index in [-0.39, 0.29) is 6.10 Å². The van der Waals surface area contributed by atoms with Gasteiger partial charge in [-0.15, -0.1) is 0 Å². The van der Waals surface area contributed by atoms with E-state index in [1.165, 1.54) is 0 Å². The van der Waals surface area contributed by atoms with Crippen LogP contribution in [0.2, 0.25) is 0 Å². The summed E-state index contributed by atoms with van der Waals surface area (Å²) in [5, 5.41) is 8.90. The average molecular weight is 201 g/mol. The number of rotatable bonds is 3. The lowest BCUT2D eigenvalue weighted by atomic mass is 10.1. The van der Waals surface area contributed by atoms with E-state index in [1.807, 2.05) is 7.05 Å². The maximum atomic E-state index is 10.8. The van der Waals surface area contributed by atoms with Crippen LogP contribution in [0.3, 0.4) is 0 Å². The first-order valence-electron chi connectivity index (χ1n) is 5.01. The second-order valence-corrected chi connectivity index (χ2v) is 4.46. The third-order valence-electron chi connectivity index (χ3n) is 2.56. The molecule has 0 saturated carbocycles. The number of piperidine rings is 1. The predicted octanol–water partition coefficient (Wildman–Crippen LogP) is 0.960. The molecule has 0 aliphatic carbocycles. The molecule has 1 saturated heterocycles. The van der Waals surface area contributed by atoms with Crippen LogP contribution in [0, 0.1) is 0 Å². The Bertz CT molecular complexity index is 215. The SMILES string of the molecule is CN1CCCC(OC(C)(C)C(=O)O)C1. The minimum atomic E-state index is -1.07. The van der Waals surface area contributed by atoms with Crippen molar-refractivity contribution in [2.24, 2.45) is 0 Å². The normalized spacial score (nSPS) is 24.9. The highest BCUT2D eigenvalue weighted by atomic mass is 16.5. The summed E-state index contributed by atoms with van der Waals surface area (Å²) in [6.07, 6.45) is 2.10. The first-order valence-corrected chi connectivity index (χ1v) is 5.01. The van der Waals surface area contributed by atoms with Crippen LogP contribution < -0.4 is 0 Å².